The molecule has 10 heteroatoms. The number of nitrogens with zero attached hydrogens (tertiary/aromatic N) is 2. The number of hydrogen-bond acceptors (Lipinski definition) is 5. The van der Waals surface area contributed by atoms with E-state index in [1.54, 1.807) is 12.1 Å². The molecular formula is C24H21F3N4O3. The van der Waals surface area contributed by atoms with Crippen LogP contribution in [0.15, 0.2) is 60.8 Å². The zero-order chi connectivity index (χ0) is 24.9. The van der Waals surface area contributed by atoms with Crippen molar-refractivity contribution in [3.05, 3.63) is 71.9 Å². The van der Waals surface area contributed by atoms with Crippen LogP contribution < -0.4 is 20.1 Å². The number of pyridine rings is 1. The maximum atomic E-state index is 12.5. The van der Waals surface area contributed by atoms with Gasteiger partial charge in [0.25, 0.3) is 0 Å². The van der Waals surface area contributed by atoms with Crippen molar-refractivity contribution in [2.75, 3.05) is 10.6 Å². The number of amides is 2. The first-order valence-corrected chi connectivity index (χ1v) is 10.1. The Hall–Kier alpha value is -4.26. The molecule has 0 aliphatic carbocycles. The summed E-state index contributed by atoms with van der Waals surface area (Å²) in [5, 5.41) is 14.3. The van der Waals surface area contributed by atoms with E-state index in [-0.39, 0.29) is 28.2 Å². The summed E-state index contributed by atoms with van der Waals surface area (Å²) >= 11 is 0. The Bertz CT molecular complexity index is 1210. The van der Waals surface area contributed by atoms with Crippen molar-refractivity contribution in [1.82, 2.24) is 4.98 Å². The molecule has 0 aliphatic rings. The number of para-hydroxylation sites is 1. The second-order valence-corrected chi connectivity index (χ2v) is 8.19. The lowest BCUT2D eigenvalue weighted by atomic mass is 9.86. The van der Waals surface area contributed by atoms with E-state index in [0.29, 0.717) is 5.75 Å². The largest absolute Gasteiger partial charge is 0.573 e. The van der Waals surface area contributed by atoms with E-state index in [4.69, 9.17) is 4.74 Å². The summed E-state index contributed by atoms with van der Waals surface area (Å²) in [5.41, 5.74) is 1.24. The average molecular weight is 470 g/mol. The molecule has 0 spiro atoms. The molecule has 34 heavy (non-hydrogen) atoms. The molecule has 1 aromatic heterocycles. The zero-order valence-electron chi connectivity index (χ0n) is 18.5. The Balaban J connectivity index is 1.80. The number of halogens is 3. The lowest BCUT2D eigenvalue weighted by Gasteiger charge is -2.22. The fraction of sp³-hybridized carbons (Fsp3) is 0.208. The monoisotopic (exact) mass is 470 g/mol. The van der Waals surface area contributed by atoms with Crippen molar-refractivity contribution in [2.45, 2.75) is 32.5 Å². The van der Waals surface area contributed by atoms with Crippen LogP contribution in [0.2, 0.25) is 0 Å². The number of rotatable bonds is 5. The first-order valence-electron chi connectivity index (χ1n) is 10.1. The molecule has 0 aliphatic heterocycles. The quantitative estimate of drug-likeness (QED) is 0.439. The van der Waals surface area contributed by atoms with Gasteiger partial charge in [-0.25, -0.2) is 9.78 Å². The standard InChI is InChI=1S/C24H21F3N4O3/c1-23(2,3)18-6-4-5-7-20(18)33-21-19(12-15(13-28)14-29-21)31-22(32)30-16-8-10-17(11-9-16)34-24(25,26)27/h4-12,14H,1-3H3,(H2,30,31,32). The molecule has 0 radical (unpaired) electrons. The van der Waals surface area contributed by atoms with Crippen LogP contribution >= 0.6 is 0 Å². The number of nitrogens with one attached hydrogen (secondary N) is 2. The fourth-order valence-corrected chi connectivity index (χ4v) is 2.99. The maximum Gasteiger partial charge on any atom is 0.573 e. The number of carbonyl (C=O) groups is 1. The van der Waals surface area contributed by atoms with E-state index in [0.717, 1.165) is 17.7 Å². The Morgan fingerprint density at radius 3 is 2.32 bits per heavy atom. The number of ether oxygens (including phenoxy) is 2. The number of urea groups is 1. The lowest BCUT2D eigenvalue weighted by molar-refractivity contribution is -0.274. The summed E-state index contributed by atoms with van der Waals surface area (Å²) in [4.78, 5) is 16.7. The summed E-state index contributed by atoms with van der Waals surface area (Å²) in [7, 11) is 0. The minimum Gasteiger partial charge on any atom is -0.437 e. The average Bonchev–Trinajstić information content (AvgIpc) is 2.75. The van der Waals surface area contributed by atoms with Crippen LogP contribution in [0, 0.1) is 11.3 Å². The van der Waals surface area contributed by atoms with Crippen molar-refractivity contribution >= 4 is 17.4 Å². The normalized spacial score (nSPS) is 11.3. The number of nitriles is 1. The number of anilines is 2. The number of hydrogen-bond donors (Lipinski definition) is 2. The summed E-state index contributed by atoms with van der Waals surface area (Å²) in [5.74, 6) is 0.188. The van der Waals surface area contributed by atoms with Gasteiger partial charge in [0.1, 0.15) is 23.3 Å². The minimum atomic E-state index is -4.81. The van der Waals surface area contributed by atoms with Crippen molar-refractivity contribution in [1.29, 1.82) is 5.26 Å². The smallest absolute Gasteiger partial charge is 0.437 e. The summed E-state index contributed by atoms with van der Waals surface area (Å²) < 4.78 is 46.7. The van der Waals surface area contributed by atoms with Crippen molar-refractivity contribution in [2.24, 2.45) is 0 Å². The van der Waals surface area contributed by atoms with Gasteiger partial charge in [0.05, 0.1) is 5.56 Å². The van der Waals surface area contributed by atoms with Crippen LogP contribution in [0.5, 0.6) is 17.4 Å². The molecule has 0 saturated heterocycles. The molecule has 0 atom stereocenters. The van der Waals surface area contributed by atoms with Crippen LogP contribution in [0.1, 0.15) is 31.9 Å². The molecule has 0 fully saturated rings. The first-order chi connectivity index (χ1) is 15.9. The third kappa shape index (κ3) is 6.62. The molecular weight excluding hydrogens is 449 g/mol. The van der Waals surface area contributed by atoms with Crippen molar-refractivity contribution in [3.63, 3.8) is 0 Å². The number of benzene rings is 2. The minimum absolute atomic E-state index is 0.0692. The van der Waals surface area contributed by atoms with E-state index in [1.807, 2.05) is 39.0 Å². The molecule has 2 N–H and O–H groups in total. The molecule has 3 aromatic rings. The van der Waals surface area contributed by atoms with Gasteiger partial charge in [-0.3, -0.25) is 0 Å². The SMILES string of the molecule is CC(C)(C)c1ccccc1Oc1ncc(C#N)cc1NC(=O)Nc1ccc(OC(F)(F)F)cc1. The van der Waals surface area contributed by atoms with Gasteiger partial charge in [0.15, 0.2) is 0 Å². The molecule has 2 amide bonds. The van der Waals surface area contributed by atoms with Crippen LogP contribution in [-0.4, -0.2) is 17.4 Å². The van der Waals surface area contributed by atoms with E-state index in [1.165, 1.54) is 24.4 Å². The highest BCUT2D eigenvalue weighted by Gasteiger charge is 2.31. The number of aromatic nitrogens is 1. The van der Waals surface area contributed by atoms with Gasteiger partial charge in [-0.15, -0.1) is 13.2 Å². The molecule has 7 nitrogen and oxygen atoms in total. The third-order valence-corrected chi connectivity index (χ3v) is 4.48. The van der Waals surface area contributed by atoms with Gasteiger partial charge in [-0.2, -0.15) is 5.26 Å². The van der Waals surface area contributed by atoms with Gasteiger partial charge in [0.2, 0.25) is 5.88 Å². The van der Waals surface area contributed by atoms with Crippen molar-refractivity contribution < 1.29 is 27.4 Å². The van der Waals surface area contributed by atoms with Gasteiger partial charge >= 0.3 is 12.4 Å². The Morgan fingerprint density at radius 2 is 1.71 bits per heavy atom. The maximum absolute atomic E-state index is 12.5. The second-order valence-electron chi connectivity index (χ2n) is 8.19. The van der Waals surface area contributed by atoms with Crippen molar-refractivity contribution in [3.8, 4) is 23.4 Å². The van der Waals surface area contributed by atoms with Crippen LogP contribution in [0.3, 0.4) is 0 Å². The highest BCUT2D eigenvalue weighted by Crippen LogP contribution is 2.36. The molecule has 3 rings (SSSR count). The Kier molecular flexibility index (Phi) is 6.96. The summed E-state index contributed by atoms with van der Waals surface area (Å²) in [6.45, 7) is 6.08. The topological polar surface area (TPSA) is 96.3 Å². The van der Waals surface area contributed by atoms with Gasteiger partial charge in [-0.05, 0) is 41.8 Å². The molecule has 176 valence electrons. The van der Waals surface area contributed by atoms with Crippen LogP contribution in [0.25, 0.3) is 0 Å². The predicted octanol–water partition coefficient (Wildman–Crippen LogP) is 6.59. The van der Waals surface area contributed by atoms with Gasteiger partial charge in [-0.1, -0.05) is 39.0 Å². The van der Waals surface area contributed by atoms with E-state index in [2.05, 4.69) is 20.4 Å². The predicted molar refractivity (Wildman–Crippen MR) is 120 cm³/mol. The van der Waals surface area contributed by atoms with Gasteiger partial charge in [0, 0.05) is 17.4 Å². The molecule has 1 heterocycles. The zero-order valence-corrected chi connectivity index (χ0v) is 18.5. The molecule has 0 unspecified atom stereocenters. The number of carbonyl (C=O) groups excluding carboxylic acids is 1. The second kappa shape index (κ2) is 9.70. The van der Waals surface area contributed by atoms with E-state index < -0.39 is 18.1 Å². The summed E-state index contributed by atoms with van der Waals surface area (Å²) in [6.07, 6.45) is -3.50. The third-order valence-electron chi connectivity index (χ3n) is 4.48. The molecule has 0 saturated carbocycles. The molecule has 0 bridgehead atoms. The van der Waals surface area contributed by atoms with Crippen LogP contribution in [0.4, 0.5) is 29.3 Å². The van der Waals surface area contributed by atoms with E-state index >= 15 is 0 Å². The van der Waals surface area contributed by atoms with E-state index in [9.17, 15) is 23.2 Å². The lowest BCUT2D eigenvalue weighted by Crippen LogP contribution is -2.20. The number of alkyl halides is 3. The highest BCUT2D eigenvalue weighted by molar-refractivity contribution is 6.00. The Morgan fingerprint density at radius 1 is 1.03 bits per heavy atom. The Labute approximate surface area is 194 Å². The molecule has 2 aromatic carbocycles. The first kappa shape index (κ1) is 24.4. The fourth-order valence-electron chi connectivity index (χ4n) is 2.99. The summed E-state index contributed by atoms with van der Waals surface area (Å²) in [6, 6.07) is 14.7. The van der Waals surface area contributed by atoms with Gasteiger partial charge < -0.3 is 20.1 Å². The highest BCUT2D eigenvalue weighted by atomic mass is 19.4. The van der Waals surface area contributed by atoms with Crippen LogP contribution in [-0.2, 0) is 5.41 Å².